The van der Waals surface area contributed by atoms with E-state index >= 15 is 0 Å². The molecule has 1 aliphatic rings. The van der Waals surface area contributed by atoms with Gasteiger partial charge in [0.15, 0.2) is 0 Å². The van der Waals surface area contributed by atoms with E-state index in [1.807, 2.05) is 13.1 Å². The predicted molar refractivity (Wildman–Crippen MR) is 98.5 cm³/mol. The molecule has 1 aromatic heterocycles. The number of fused-ring (bicyclic) bond motifs is 2. The Morgan fingerprint density at radius 1 is 1.12 bits per heavy atom. The van der Waals surface area contributed by atoms with Gasteiger partial charge in [0, 0.05) is 35.5 Å². The molecule has 0 fully saturated rings. The van der Waals surface area contributed by atoms with Crippen molar-refractivity contribution in [1.29, 1.82) is 0 Å². The van der Waals surface area contributed by atoms with E-state index in [9.17, 15) is 4.39 Å². The van der Waals surface area contributed by atoms with E-state index in [0.29, 0.717) is 0 Å². The summed E-state index contributed by atoms with van der Waals surface area (Å²) in [4.78, 5) is 3.15. The standard InChI is InChI=1S/C20H18FN2S.HI/c1-3-23-16(10-8-14-6-4-5-7-17(14)23)13-20-22(2)18-12-15(21)9-11-19(18)24-20;/h4-13H,3H2,1-2H3;1H/q+1;/p-1. The first-order valence-electron chi connectivity index (χ1n) is 8.02. The molecule has 0 radical (unpaired) electrons. The van der Waals surface area contributed by atoms with Crippen molar-refractivity contribution in [3.05, 3.63) is 71.1 Å². The summed E-state index contributed by atoms with van der Waals surface area (Å²) < 4.78 is 15.8. The van der Waals surface area contributed by atoms with Crippen LogP contribution in [0.1, 0.15) is 12.6 Å². The number of halogens is 2. The van der Waals surface area contributed by atoms with Crippen LogP contribution in [0, 0.1) is 5.82 Å². The molecule has 0 bridgehead atoms. The van der Waals surface area contributed by atoms with Gasteiger partial charge in [-0.05, 0) is 37.3 Å². The summed E-state index contributed by atoms with van der Waals surface area (Å²) in [5.74, 6) is -0.197. The molecule has 2 aromatic carbocycles. The summed E-state index contributed by atoms with van der Waals surface area (Å²) in [6.07, 6.45) is 2.18. The molecule has 0 amide bonds. The third-order valence-corrected chi connectivity index (χ3v) is 5.55. The lowest BCUT2D eigenvalue weighted by Gasteiger charge is -2.13. The minimum absolute atomic E-state index is 0. The first-order valence-corrected chi connectivity index (χ1v) is 8.83. The third kappa shape index (κ3) is 3.27. The number of thioether (sulfide) groups is 1. The number of aryl methyl sites for hydroxylation is 1. The van der Waals surface area contributed by atoms with Gasteiger partial charge >= 0.3 is 0 Å². The highest BCUT2D eigenvalue weighted by Gasteiger charge is 2.24. The first kappa shape index (κ1) is 18.2. The van der Waals surface area contributed by atoms with E-state index in [1.165, 1.54) is 17.0 Å². The Morgan fingerprint density at radius 2 is 1.92 bits per heavy atom. The summed E-state index contributed by atoms with van der Waals surface area (Å²) in [5.41, 5.74) is 3.30. The van der Waals surface area contributed by atoms with Crippen LogP contribution in [0.25, 0.3) is 17.0 Å². The van der Waals surface area contributed by atoms with E-state index in [1.54, 1.807) is 17.8 Å². The summed E-state index contributed by atoms with van der Waals surface area (Å²) in [6, 6.07) is 17.7. The molecule has 1 aliphatic heterocycles. The van der Waals surface area contributed by atoms with Crippen molar-refractivity contribution in [3.8, 4) is 0 Å². The monoisotopic (exact) mass is 464 g/mol. The van der Waals surface area contributed by atoms with Crippen LogP contribution in [0.5, 0.6) is 0 Å². The molecule has 2 nitrogen and oxygen atoms in total. The zero-order valence-corrected chi connectivity index (χ0v) is 17.0. The van der Waals surface area contributed by atoms with Gasteiger partial charge in [0.1, 0.15) is 12.4 Å². The van der Waals surface area contributed by atoms with Gasteiger partial charge in [-0.15, -0.1) is 0 Å². The third-order valence-electron chi connectivity index (χ3n) is 4.39. The molecule has 25 heavy (non-hydrogen) atoms. The topological polar surface area (TPSA) is 7.12 Å². The van der Waals surface area contributed by atoms with E-state index in [2.05, 4.69) is 58.9 Å². The number of anilines is 1. The quantitative estimate of drug-likeness (QED) is 0.422. The Bertz CT molecular complexity index is 971. The van der Waals surface area contributed by atoms with Crippen molar-refractivity contribution in [2.45, 2.75) is 18.4 Å². The summed E-state index contributed by atoms with van der Waals surface area (Å²) in [5, 5.41) is 2.34. The van der Waals surface area contributed by atoms with Gasteiger partial charge in [0.05, 0.1) is 10.7 Å². The molecule has 0 atom stereocenters. The predicted octanol–water partition coefficient (Wildman–Crippen LogP) is 1.83. The average molecular weight is 464 g/mol. The van der Waals surface area contributed by atoms with Gasteiger partial charge in [0.2, 0.25) is 11.2 Å². The fraction of sp³-hybridized carbons (Fsp3) is 0.150. The van der Waals surface area contributed by atoms with Crippen LogP contribution < -0.4 is 33.4 Å². The van der Waals surface area contributed by atoms with Crippen molar-refractivity contribution in [2.24, 2.45) is 0 Å². The molecule has 0 unspecified atom stereocenters. The molecule has 0 N–H and O–H groups in total. The Labute approximate surface area is 168 Å². The number of hydrogen-bond donors (Lipinski definition) is 0. The molecule has 4 rings (SSSR count). The van der Waals surface area contributed by atoms with Crippen LogP contribution in [-0.2, 0) is 6.54 Å². The van der Waals surface area contributed by atoms with E-state index in [4.69, 9.17) is 0 Å². The maximum atomic E-state index is 13.5. The Kier molecular flexibility index (Phi) is 5.34. The fourth-order valence-electron chi connectivity index (χ4n) is 3.15. The van der Waals surface area contributed by atoms with Crippen LogP contribution in [0.15, 0.2) is 64.5 Å². The lowest BCUT2D eigenvalue weighted by molar-refractivity contribution is -0.669. The molecule has 128 valence electrons. The van der Waals surface area contributed by atoms with Crippen LogP contribution in [0.3, 0.4) is 0 Å². The highest BCUT2D eigenvalue weighted by atomic mass is 127. The highest BCUT2D eigenvalue weighted by Crippen LogP contribution is 2.45. The van der Waals surface area contributed by atoms with Crippen molar-refractivity contribution in [3.63, 3.8) is 0 Å². The number of nitrogens with zero attached hydrogens (tertiary/aromatic N) is 2. The second-order valence-electron chi connectivity index (χ2n) is 5.82. The minimum atomic E-state index is -0.197. The van der Waals surface area contributed by atoms with Crippen LogP contribution >= 0.6 is 11.8 Å². The van der Waals surface area contributed by atoms with Gasteiger partial charge in [-0.3, -0.25) is 0 Å². The normalized spacial score (nSPS) is 14.7. The number of para-hydroxylation sites is 1. The average Bonchev–Trinajstić information content (AvgIpc) is 2.90. The van der Waals surface area contributed by atoms with Crippen molar-refractivity contribution >= 4 is 34.4 Å². The Hall–Kier alpha value is -1.60. The van der Waals surface area contributed by atoms with Crippen molar-refractivity contribution in [1.82, 2.24) is 0 Å². The Balaban J connectivity index is 0.00000182. The van der Waals surface area contributed by atoms with Gasteiger partial charge in [0.25, 0.3) is 0 Å². The Morgan fingerprint density at radius 3 is 2.72 bits per heavy atom. The molecule has 0 spiro atoms. The largest absolute Gasteiger partial charge is 1.00 e. The fourth-order valence-corrected chi connectivity index (χ4v) is 4.23. The van der Waals surface area contributed by atoms with Gasteiger partial charge in [-0.25, -0.2) is 4.39 Å². The van der Waals surface area contributed by atoms with Crippen molar-refractivity contribution in [2.75, 3.05) is 11.9 Å². The zero-order chi connectivity index (χ0) is 16.7. The molecule has 5 heteroatoms. The SMILES string of the molecule is CC[n+]1c(/C=C2\Sc3ccc(F)cc3N2C)ccc2ccccc21.[I-]. The summed E-state index contributed by atoms with van der Waals surface area (Å²) >= 11 is 1.68. The van der Waals surface area contributed by atoms with Crippen LogP contribution in [-0.4, -0.2) is 7.05 Å². The van der Waals surface area contributed by atoms with Gasteiger partial charge < -0.3 is 28.9 Å². The summed E-state index contributed by atoms with van der Waals surface area (Å²) in [6.45, 7) is 3.06. The van der Waals surface area contributed by atoms with E-state index in [0.717, 1.165) is 27.9 Å². The number of hydrogen-bond acceptors (Lipinski definition) is 2. The minimum Gasteiger partial charge on any atom is -1.00 e. The molecular weight excluding hydrogens is 446 g/mol. The lowest BCUT2D eigenvalue weighted by atomic mass is 10.2. The maximum absolute atomic E-state index is 13.5. The molecule has 0 aliphatic carbocycles. The smallest absolute Gasteiger partial charge is 0.212 e. The lowest BCUT2D eigenvalue weighted by Crippen LogP contribution is -3.00. The second kappa shape index (κ2) is 7.33. The van der Waals surface area contributed by atoms with Gasteiger partial charge in [-0.2, -0.15) is 4.57 Å². The number of rotatable bonds is 2. The van der Waals surface area contributed by atoms with E-state index in [-0.39, 0.29) is 29.8 Å². The van der Waals surface area contributed by atoms with E-state index < -0.39 is 0 Å². The van der Waals surface area contributed by atoms with Gasteiger partial charge in [-0.1, -0.05) is 23.9 Å². The number of pyridine rings is 1. The molecule has 0 saturated heterocycles. The zero-order valence-electron chi connectivity index (χ0n) is 14.0. The molecule has 0 saturated carbocycles. The highest BCUT2D eigenvalue weighted by molar-refractivity contribution is 8.03. The molecule has 2 heterocycles. The number of aromatic nitrogens is 1. The molecular formula is C20H18FIN2S. The van der Waals surface area contributed by atoms with Crippen molar-refractivity contribution < 1.29 is 32.9 Å². The van der Waals surface area contributed by atoms with Crippen LogP contribution in [0.2, 0.25) is 0 Å². The van der Waals surface area contributed by atoms with Crippen LogP contribution in [0.4, 0.5) is 10.1 Å². The summed E-state index contributed by atoms with van der Waals surface area (Å²) in [7, 11) is 1.99. The number of benzene rings is 2. The first-order chi connectivity index (χ1) is 11.7. The maximum Gasteiger partial charge on any atom is 0.212 e. The molecule has 3 aromatic rings. The second-order valence-corrected chi connectivity index (χ2v) is 6.88.